The summed E-state index contributed by atoms with van der Waals surface area (Å²) in [5, 5.41) is 0. The first-order chi connectivity index (χ1) is 8.63. The Labute approximate surface area is 110 Å². The molecule has 1 aromatic rings. The van der Waals surface area contributed by atoms with Crippen molar-refractivity contribution in [3.05, 3.63) is 35.4 Å². The van der Waals surface area contributed by atoms with Gasteiger partial charge in [-0.3, -0.25) is 4.79 Å². The van der Waals surface area contributed by atoms with Crippen molar-refractivity contribution in [2.24, 2.45) is 0 Å². The van der Waals surface area contributed by atoms with Crippen LogP contribution in [0.4, 0.5) is 0 Å². The maximum atomic E-state index is 11.8. The largest absolute Gasteiger partial charge is 0.466 e. The summed E-state index contributed by atoms with van der Waals surface area (Å²) >= 11 is 0. The van der Waals surface area contributed by atoms with E-state index in [2.05, 4.69) is 38.1 Å². The van der Waals surface area contributed by atoms with Crippen LogP contribution in [0, 0.1) is 0 Å². The molecule has 2 unspecified atom stereocenters. The molecule has 0 aromatic heterocycles. The molecule has 0 spiro atoms. The summed E-state index contributed by atoms with van der Waals surface area (Å²) in [6.45, 7) is 8.71. The second kappa shape index (κ2) is 7.20. The minimum Gasteiger partial charge on any atom is -0.466 e. The third kappa shape index (κ3) is 3.59. The van der Waals surface area contributed by atoms with Gasteiger partial charge in [0, 0.05) is 0 Å². The van der Waals surface area contributed by atoms with Gasteiger partial charge >= 0.3 is 5.97 Å². The Morgan fingerprint density at radius 1 is 1.06 bits per heavy atom. The zero-order valence-electron chi connectivity index (χ0n) is 11.9. The highest BCUT2D eigenvalue weighted by Gasteiger charge is 2.19. The summed E-state index contributed by atoms with van der Waals surface area (Å²) < 4.78 is 5.11. The molecule has 0 saturated heterocycles. The van der Waals surface area contributed by atoms with Gasteiger partial charge in [-0.05, 0) is 36.8 Å². The predicted octanol–water partition coefficient (Wildman–Crippen LogP) is 4.26. The third-order valence-electron chi connectivity index (χ3n) is 3.50. The molecule has 1 aromatic carbocycles. The molecular formula is C16H24O2. The molecule has 2 heteroatoms. The van der Waals surface area contributed by atoms with E-state index in [1.807, 2.05) is 13.8 Å². The molecule has 0 heterocycles. The summed E-state index contributed by atoms with van der Waals surface area (Å²) in [5.41, 5.74) is 2.39. The Balaban J connectivity index is 2.85. The lowest BCUT2D eigenvalue weighted by molar-refractivity contribution is -0.145. The van der Waals surface area contributed by atoms with E-state index in [-0.39, 0.29) is 11.9 Å². The monoisotopic (exact) mass is 248 g/mol. The number of hydrogen-bond acceptors (Lipinski definition) is 2. The van der Waals surface area contributed by atoms with Crippen LogP contribution in [0.2, 0.25) is 0 Å². The summed E-state index contributed by atoms with van der Waals surface area (Å²) in [7, 11) is 0. The molecule has 2 atom stereocenters. The average molecular weight is 248 g/mol. The van der Waals surface area contributed by atoms with E-state index in [0.717, 1.165) is 18.4 Å². The molecule has 0 fully saturated rings. The molecule has 0 aliphatic carbocycles. The zero-order chi connectivity index (χ0) is 13.5. The van der Waals surface area contributed by atoms with Crippen LogP contribution >= 0.6 is 0 Å². The minimum absolute atomic E-state index is 0.115. The van der Waals surface area contributed by atoms with Crippen LogP contribution < -0.4 is 0 Å². The van der Waals surface area contributed by atoms with E-state index in [1.54, 1.807) is 0 Å². The van der Waals surface area contributed by atoms with Crippen LogP contribution in [-0.2, 0) is 9.53 Å². The molecule has 0 aliphatic heterocycles. The van der Waals surface area contributed by atoms with E-state index in [1.165, 1.54) is 5.56 Å². The lowest BCUT2D eigenvalue weighted by Crippen LogP contribution is -2.15. The number of hydrogen-bond donors (Lipinski definition) is 0. The molecule has 0 amide bonds. The van der Waals surface area contributed by atoms with Gasteiger partial charge in [0.15, 0.2) is 0 Å². The Hall–Kier alpha value is -1.31. The van der Waals surface area contributed by atoms with Crippen LogP contribution in [0.3, 0.4) is 0 Å². The van der Waals surface area contributed by atoms with Gasteiger partial charge in [0.1, 0.15) is 0 Å². The number of rotatable bonds is 6. The van der Waals surface area contributed by atoms with Crippen molar-refractivity contribution < 1.29 is 9.53 Å². The number of benzene rings is 1. The van der Waals surface area contributed by atoms with Gasteiger partial charge in [-0.1, -0.05) is 45.0 Å². The van der Waals surface area contributed by atoms with Crippen LogP contribution in [0.5, 0.6) is 0 Å². The van der Waals surface area contributed by atoms with Crippen molar-refractivity contribution in [3.8, 4) is 0 Å². The molecule has 0 aliphatic rings. The Kier molecular flexibility index (Phi) is 5.90. The summed E-state index contributed by atoms with van der Waals surface area (Å²) in [6.07, 6.45) is 1.91. The highest BCUT2D eigenvalue weighted by atomic mass is 16.5. The van der Waals surface area contributed by atoms with E-state index >= 15 is 0 Å². The standard InChI is InChI=1S/C16H24O2/c1-5-12(4)13-8-10-14(11-9-13)15(6-2)16(17)18-7-3/h8-12,15H,5-7H2,1-4H3. The Morgan fingerprint density at radius 3 is 2.06 bits per heavy atom. The van der Waals surface area contributed by atoms with Crippen LogP contribution in [0.15, 0.2) is 24.3 Å². The molecule has 100 valence electrons. The van der Waals surface area contributed by atoms with Gasteiger partial charge < -0.3 is 4.74 Å². The van der Waals surface area contributed by atoms with Crippen molar-refractivity contribution in [2.45, 2.75) is 52.4 Å². The highest BCUT2D eigenvalue weighted by Crippen LogP contribution is 2.25. The summed E-state index contributed by atoms with van der Waals surface area (Å²) in [5.74, 6) is 0.328. The normalized spacial score (nSPS) is 14.0. The van der Waals surface area contributed by atoms with E-state index in [4.69, 9.17) is 4.74 Å². The lowest BCUT2D eigenvalue weighted by Gasteiger charge is -2.15. The van der Waals surface area contributed by atoms with Crippen LogP contribution in [-0.4, -0.2) is 12.6 Å². The fourth-order valence-corrected chi connectivity index (χ4v) is 2.07. The number of carbonyl (C=O) groups is 1. The van der Waals surface area contributed by atoms with Crippen molar-refractivity contribution in [2.75, 3.05) is 6.61 Å². The van der Waals surface area contributed by atoms with Gasteiger partial charge in [0.2, 0.25) is 0 Å². The van der Waals surface area contributed by atoms with Gasteiger partial charge in [0.05, 0.1) is 12.5 Å². The molecule has 18 heavy (non-hydrogen) atoms. The summed E-state index contributed by atoms with van der Waals surface area (Å²) in [6, 6.07) is 8.38. The first kappa shape index (κ1) is 14.7. The minimum atomic E-state index is -0.129. The number of carbonyl (C=O) groups excluding carboxylic acids is 1. The second-order valence-corrected chi connectivity index (χ2v) is 4.69. The second-order valence-electron chi connectivity index (χ2n) is 4.69. The maximum absolute atomic E-state index is 11.8. The Morgan fingerprint density at radius 2 is 1.61 bits per heavy atom. The average Bonchev–Trinajstić information content (AvgIpc) is 2.40. The van der Waals surface area contributed by atoms with Crippen molar-refractivity contribution in [3.63, 3.8) is 0 Å². The van der Waals surface area contributed by atoms with Gasteiger partial charge in [-0.25, -0.2) is 0 Å². The van der Waals surface area contributed by atoms with E-state index in [9.17, 15) is 4.79 Å². The van der Waals surface area contributed by atoms with Gasteiger partial charge in [0.25, 0.3) is 0 Å². The van der Waals surface area contributed by atoms with E-state index < -0.39 is 0 Å². The smallest absolute Gasteiger partial charge is 0.313 e. The highest BCUT2D eigenvalue weighted by molar-refractivity contribution is 5.78. The molecule has 0 bridgehead atoms. The molecular weight excluding hydrogens is 224 g/mol. The molecule has 0 radical (unpaired) electrons. The fourth-order valence-electron chi connectivity index (χ4n) is 2.07. The molecule has 2 nitrogen and oxygen atoms in total. The third-order valence-corrected chi connectivity index (χ3v) is 3.50. The molecule has 1 rings (SSSR count). The maximum Gasteiger partial charge on any atom is 0.313 e. The lowest BCUT2D eigenvalue weighted by atomic mass is 9.92. The van der Waals surface area contributed by atoms with Crippen LogP contribution in [0.1, 0.15) is 63.5 Å². The number of ether oxygens (including phenoxy) is 1. The van der Waals surface area contributed by atoms with E-state index in [0.29, 0.717) is 12.5 Å². The van der Waals surface area contributed by atoms with Crippen molar-refractivity contribution in [1.29, 1.82) is 0 Å². The summed E-state index contributed by atoms with van der Waals surface area (Å²) in [4.78, 5) is 11.8. The first-order valence-corrected chi connectivity index (χ1v) is 6.90. The predicted molar refractivity (Wildman–Crippen MR) is 74.8 cm³/mol. The molecule has 0 N–H and O–H groups in total. The zero-order valence-corrected chi connectivity index (χ0v) is 11.9. The quantitative estimate of drug-likeness (QED) is 0.703. The van der Waals surface area contributed by atoms with Crippen molar-refractivity contribution in [1.82, 2.24) is 0 Å². The van der Waals surface area contributed by atoms with Crippen molar-refractivity contribution >= 4 is 5.97 Å². The van der Waals surface area contributed by atoms with Gasteiger partial charge in [-0.2, -0.15) is 0 Å². The SMILES string of the molecule is CCOC(=O)C(CC)c1ccc(C(C)CC)cc1. The topological polar surface area (TPSA) is 26.3 Å². The van der Waals surface area contributed by atoms with Gasteiger partial charge in [-0.15, -0.1) is 0 Å². The fraction of sp³-hybridized carbons (Fsp3) is 0.562. The number of esters is 1. The first-order valence-electron chi connectivity index (χ1n) is 6.90. The Bertz CT molecular complexity index is 367. The molecule has 0 saturated carbocycles. The van der Waals surface area contributed by atoms with Crippen LogP contribution in [0.25, 0.3) is 0 Å².